The van der Waals surface area contributed by atoms with Crippen LogP contribution in [0.1, 0.15) is 41.3 Å². The zero-order valence-corrected chi connectivity index (χ0v) is 12.9. The number of carbonyl (C=O) groups is 1. The molecule has 0 spiro atoms. The van der Waals surface area contributed by atoms with E-state index in [1.54, 1.807) is 13.2 Å². The summed E-state index contributed by atoms with van der Waals surface area (Å²) in [5.74, 6) is 5.69. The summed E-state index contributed by atoms with van der Waals surface area (Å²) in [6, 6.07) is 5.61. The van der Waals surface area contributed by atoms with Gasteiger partial charge in [0.1, 0.15) is 0 Å². The summed E-state index contributed by atoms with van der Waals surface area (Å²) in [5.41, 5.74) is 2.31. The average molecular weight is 289 g/mol. The Bertz CT molecular complexity index is 529. The molecular formula is C17H23NO3. The largest absolute Gasteiger partial charge is 0.395 e. The van der Waals surface area contributed by atoms with Gasteiger partial charge in [0, 0.05) is 31.7 Å². The van der Waals surface area contributed by atoms with Crippen molar-refractivity contribution in [1.82, 2.24) is 5.32 Å². The monoisotopic (exact) mass is 289 g/mol. The first-order valence-corrected chi connectivity index (χ1v) is 7.08. The first kappa shape index (κ1) is 17.2. The van der Waals surface area contributed by atoms with Crippen LogP contribution in [-0.2, 0) is 4.74 Å². The molecular weight excluding hydrogens is 266 g/mol. The summed E-state index contributed by atoms with van der Waals surface area (Å²) < 4.78 is 5.01. The van der Waals surface area contributed by atoms with Gasteiger partial charge in [0.05, 0.1) is 12.2 Å². The molecule has 2 N–H and O–H groups in total. The molecule has 0 bridgehead atoms. The van der Waals surface area contributed by atoms with Gasteiger partial charge in [-0.2, -0.15) is 0 Å². The Labute approximate surface area is 126 Å². The Kier molecular flexibility index (Phi) is 7.52. The van der Waals surface area contributed by atoms with E-state index in [0.717, 1.165) is 12.0 Å². The van der Waals surface area contributed by atoms with E-state index >= 15 is 0 Å². The van der Waals surface area contributed by atoms with Gasteiger partial charge in [0.2, 0.25) is 0 Å². The summed E-state index contributed by atoms with van der Waals surface area (Å²) >= 11 is 0. The van der Waals surface area contributed by atoms with Gasteiger partial charge in [0.15, 0.2) is 0 Å². The maximum absolute atomic E-state index is 12.3. The van der Waals surface area contributed by atoms with Crippen LogP contribution < -0.4 is 5.32 Å². The van der Waals surface area contributed by atoms with E-state index in [0.29, 0.717) is 24.2 Å². The minimum atomic E-state index is -0.132. The van der Waals surface area contributed by atoms with Crippen molar-refractivity contribution in [3.8, 4) is 11.8 Å². The van der Waals surface area contributed by atoms with Crippen molar-refractivity contribution in [1.29, 1.82) is 0 Å². The summed E-state index contributed by atoms with van der Waals surface area (Å²) in [5, 5.41) is 11.7. The number of amides is 1. The molecule has 4 heteroatoms. The molecule has 0 fully saturated rings. The van der Waals surface area contributed by atoms with Crippen LogP contribution in [-0.4, -0.2) is 37.4 Å². The Morgan fingerprint density at radius 2 is 2.24 bits per heavy atom. The first-order chi connectivity index (χ1) is 10.1. The third-order valence-electron chi connectivity index (χ3n) is 3.01. The lowest BCUT2D eigenvalue weighted by atomic mass is 10.0. The van der Waals surface area contributed by atoms with Gasteiger partial charge in [-0.1, -0.05) is 17.9 Å². The summed E-state index contributed by atoms with van der Waals surface area (Å²) in [7, 11) is 1.64. The molecule has 0 aromatic heterocycles. The fourth-order valence-corrected chi connectivity index (χ4v) is 1.84. The molecule has 1 atom stereocenters. The number of nitrogens with one attached hydrogen (secondary N) is 1. The normalized spacial score (nSPS) is 11.4. The van der Waals surface area contributed by atoms with Crippen LogP contribution in [0.5, 0.6) is 0 Å². The maximum Gasteiger partial charge on any atom is 0.252 e. The van der Waals surface area contributed by atoms with E-state index in [9.17, 15) is 4.79 Å². The number of aliphatic hydroxyl groups is 1. The van der Waals surface area contributed by atoms with Gasteiger partial charge in [-0.05, 0) is 38.0 Å². The quantitative estimate of drug-likeness (QED) is 0.786. The molecule has 21 heavy (non-hydrogen) atoms. The number of rotatable bonds is 6. The smallest absolute Gasteiger partial charge is 0.252 e. The third-order valence-corrected chi connectivity index (χ3v) is 3.01. The first-order valence-electron chi connectivity index (χ1n) is 7.08. The number of aryl methyl sites for hydroxylation is 1. The molecule has 1 aromatic carbocycles. The molecule has 0 saturated carbocycles. The number of ether oxygens (including phenoxy) is 1. The molecule has 4 nitrogen and oxygen atoms in total. The molecule has 114 valence electrons. The topological polar surface area (TPSA) is 58.6 Å². The number of aliphatic hydroxyl groups excluding tert-OH is 1. The lowest BCUT2D eigenvalue weighted by molar-refractivity contribution is 0.0929. The SMILES string of the molecule is COCCC(C)NC(=O)c1ccc(C)cc1C#CCCO. The third kappa shape index (κ3) is 5.99. The zero-order chi connectivity index (χ0) is 15.7. The fraction of sp³-hybridized carbons (Fsp3) is 0.471. The minimum Gasteiger partial charge on any atom is -0.395 e. The number of hydrogen-bond donors (Lipinski definition) is 2. The number of benzene rings is 1. The lowest BCUT2D eigenvalue weighted by Gasteiger charge is -2.14. The van der Waals surface area contributed by atoms with Crippen molar-refractivity contribution < 1.29 is 14.6 Å². The molecule has 0 saturated heterocycles. The Morgan fingerprint density at radius 3 is 2.90 bits per heavy atom. The van der Waals surface area contributed by atoms with E-state index in [1.165, 1.54) is 0 Å². The molecule has 0 aliphatic rings. The second kappa shape index (κ2) is 9.17. The molecule has 0 radical (unpaired) electrons. The van der Waals surface area contributed by atoms with E-state index in [-0.39, 0.29) is 18.6 Å². The highest BCUT2D eigenvalue weighted by atomic mass is 16.5. The summed E-state index contributed by atoms with van der Waals surface area (Å²) in [6.07, 6.45) is 1.17. The summed E-state index contributed by atoms with van der Waals surface area (Å²) in [6.45, 7) is 4.54. The van der Waals surface area contributed by atoms with Crippen LogP contribution in [0.2, 0.25) is 0 Å². The predicted molar refractivity (Wildman–Crippen MR) is 83.2 cm³/mol. The molecule has 0 aliphatic carbocycles. The van der Waals surface area contributed by atoms with Crippen molar-refractivity contribution in [2.24, 2.45) is 0 Å². The summed E-state index contributed by atoms with van der Waals surface area (Å²) in [4.78, 5) is 12.3. The van der Waals surface area contributed by atoms with E-state index < -0.39 is 0 Å². The van der Waals surface area contributed by atoms with Crippen LogP contribution in [0.25, 0.3) is 0 Å². The molecule has 1 aromatic rings. The highest BCUT2D eigenvalue weighted by Gasteiger charge is 2.13. The number of carbonyl (C=O) groups excluding carboxylic acids is 1. The molecule has 1 amide bonds. The predicted octanol–water partition coefficient (Wildman–Crippen LogP) is 1.88. The van der Waals surface area contributed by atoms with Crippen molar-refractivity contribution in [3.63, 3.8) is 0 Å². The minimum absolute atomic E-state index is 0.0222. The van der Waals surface area contributed by atoms with Crippen molar-refractivity contribution in [3.05, 3.63) is 34.9 Å². The fourth-order valence-electron chi connectivity index (χ4n) is 1.84. The van der Waals surface area contributed by atoms with E-state index in [4.69, 9.17) is 9.84 Å². The zero-order valence-electron chi connectivity index (χ0n) is 12.9. The van der Waals surface area contributed by atoms with Crippen molar-refractivity contribution in [2.75, 3.05) is 20.3 Å². The maximum atomic E-state index is 12.3. The van der Waals surface area contributed by atoms with Gasteiger partial charge in [0.25, 0.3) is 5.91 Å². The Hall–Kier alpha value is -1.83. The van der Waals surface area contributed by atoms with Crippen molar-refractivity contribution in [2.45, 2.75) is 32.7 Å². The van der Waals surface area contributed by atoms with Crippen LogP contribution in [0, 0.1) is 18.8 Å². The number of methoxy groups -OCH3 is 1. The molecule has 0 aliphatic heterocycles. The highest BCUT2D eigenvalue weighted by Crippen LogP contribution is 2.11. The van der Waals surface area contributed by atoms with Crippen LogP contribution >= 0.6 is 0 Å². The van der Waals surface area contributed by atoms with Crippen LogP contribution in [0.3, 0.4) is 0 Å². The van der Waals surface area contributed by atoms with Crippen LogP contribution in [0.15, 0.2) is 18.2 Å². The van der Waals surface area contributed by atoms with Gasteiger partial charge in [-0.3, -0.25) is 4.79 Å². The van der Waals surface area contributed by atoms with Gasteiger partial charge >= 0.3 is 0 Å². The van der Waals surface area contributed by atoms with Crippen molar-refractivity contribution >= 4 is 5.91 Å². The Morgan fingerprint density at radius 1 is 1.48 bits per heavy atom. The van der Waals surface area contributed by atoms with E-state index in [2.05, 4.69) is 17.2 Å². The second-order valence-electron chi connectivity index (χ2n) is 4.98. The number of hydrogen-bond acceptors (Lipinski definition) is 3. The van der Waals surface area contributed by atoms with Crippen LogP contribution in [0.4, 0.5) is 0 Å². The van der Waals surface area contributed by atoms with E-state index in [1.807, 2.05) is 26.0 Å². The van der Waals surface area contributed by atoms with Gasteiger partial charge < -0.3 is 15.2 Å². The molecule has 1 unspecified atom stereocenters. The molecule has 0 heterocycles. The van der Waals surface area contributed by atoms with Gasteiger partial charge in [-0.15, -0.1) is 0 Å². The molecule has 1 rings (SSSR count). The lowest BCUT2D eigenvalue weighted by Crippen LogP contribution is -2.33. The Balaban J connectivity index is 2.86. The second-order valence-corrected chi connectivity index (χ2v) is 4.98. The highest BCUT2D eigenvalue weighted by molar-refractivity contribution is 5.97. The average Bonchev–Trinajstić information content (AvgIpc) is 2.45. The standard InChI is InChI=1S/C17H23NO3/c1-13-7-8-16(15(12-13)6-4-5-10-19)17(20)18-14(2)9-11-21-3/h7-8,12,14,19H,5,9-11H2,1-3H3,(H,18,20). The van der Waals surface area contributed by atoms with Gasteiger partial charge in [-0.25, -0.2) is 0 Å².